The van der Waals surface area contributed by atoms with Crippen molar-refractivity contribution in [2.75, 3.05) is 71.6 Å². The molecule has 1 aromatic heterocycles. The van der Waals surface area contributed by atoms with Crippen LogP contribution in [0.25, 0.3) is 22.3 Å². The van der Waals surface area contributed by atoms with Crippen LogP contribution in [0, 0.1) is 0 Å². The molecule has 0 radical (unpaired) electrons. The fraction of sp³-hybridized carbons (Fsp3) is 0.444. The Morgan fingerprint density at radius 3 is 2.09 bits per heavy atom. The Balaban J connectivity index is 1.59. The average molecular weight is 480 g/mol. The lowest BCUT2D eigenvalue weighted by Gasteiger charge is -2.28. The molecule has 0 atom stereocenters. The van der Waals surface area contributed by atoms with E-state index in [-0.39, 0.29) is 11.5 Å². The lowest BCUT2D eigenvalue weighted by Crippen LogP contribution is -2.36. The van der Waals surface area contributed by atoms with Crippen LogP contribution >= 0.6 is 0 Å². The topological polar surface area (TPSA) is 78.6 Å². The summed E-state index contributed by atoms with van der Waals surface area (Å²) in [5.74, 6) is -0.145. The second-order valence-corrected chi connectivity index (χ2v) is 9.46. The molecule has 3 aromatic rings. The number of benzene rings is 2. The van der Waals surface area contributed by atoms with Gasteiger partial charge in [-0.05, 0) is 42.0 Å². The average Bonchev–Trinajstić information content (AvgIpc) is 2.88. The first-order valence-corrected chi connectivity index (χ1v) is 12.2. The highest BCUT2D eigenvalue weighted by molar-refractivity contribution is 5.85. The largest absolute Gasteiger partial charge is 0.502 e. The van der Waals surface area contributed by atoms with Gasteiger partial charge in [-0.15, -0.1) is 0 Å². The monoisotopic (exact) mass is 479 g/mol. The van der Waals surface area contributed by atoms with Gasteiger partial charge in [0, 0.05) is 70.2 Å². The molecule has 35 heavy (non-hydrogen) atoms. The molecule has 1 N–H and O–H groups in total. The van der Waals surface area contributed by atoms with Crippen LogP contribution in [0.2, 0.25) is 0 Å². The number of anilines is 1. The minimum atomic E-state index is -0.398. The van der Waals surface area contributed by atoms with Gasteiger partial charge < -0.3 is 23.9 Å². The van der Waals surface area contributed by atoms with Gasteiger partial charge >= 0.3 is 0 Å². The number of morpholine rings is 2. The maximum absolute atomic E-state index is 13.4. The van der Waals surface area contributed by atoms with E-state index in [2.05, 4.69) is 15.9 Å². The molecule has 0 amide bonds. The van der Waals surface area contributed by atoms with Gasteiger partial charge in [0.2, 0.25) is 11.2 Å². The van der Waals surface area contributed by atoms with E-state index in [0.29, 0.717) is 49.5 Å². The number of rotatable bonds is 6. The van der Waals surface area contributed by atoms with Crippen LogP contribution in [-0.4, -0.2) is 81.6 Å². The number of nitrogens with zero attached hydrogens (tertiary/aromatic N) is 3. The summed E-state index contributed by atoms with van der Waals surface area (Å²) in [6, 6.07) is 11.6. The van der Waals surface area contributed by atoms with Gasteiger partial charge in [0.1, 0.15) is 5.58 Å². The molecular weight excluding hydrogens is 446 g/mol. The predicted octanol–water partition coefficient (Wildman–Crippen LogP) is 2.90. The SMILES string of the molecule is CN(C)c1ccc(-c2oc3c(CN4CCOCC4)cc(CN4CCOCC4)cc3c(=O)c2O)cc1. The standard InChI is InChI=1S/C27H33N3O5/c1-28(2)22-5-3-20(4-6-22)27-25(32)24(31)23-16-19(17-29-7-11-33-12-8-29)15-21(26(23)35-27)18-30-9-13-34-14-10-30/h3-6,15-16,32H,7-14,17-18H2,1-2H3. The molecule has 2 saturated heterocycles. The van der Waals surface area contributed by atoms with Crippen molar-refractivity contribution in [3.8, 4) is 17.1 Å². The van der Waals surface area contributed by atoms with Crippen molar-refractivity contribution in [1.29, 1.82) is 0 Å². The molecule has 2 aliphatic heterocycles. The van der Waals surface area contributed by atoms with Gasteiger partial charge in [-0.3, -0.25) is 14.6 Å². The first-order chi connectivity index (χ1) is 17.0. The first kappa shape index (κ1) is 23.8. The molecule has 0 saturated carbocycles. The van der Waals surface area contributed by atoms with Crippen LogP contribution in [0.3, 0.4) is 0 Å². The molecule has 0 spiro atoms. The van der Waals surface area contributed by atoms with Crippen LogP contribution in [0.15, 0.2) is 45.6 Å². The lowest BCUT2D eigenvalue weighted by atomic mass is 10.0. The number of fused-ring (bicyclic) bond motifs is 1. The third kappa shape index (κ3) is 5.21. The van der Waals surface area contributed by atoms with Crippen molar-refractivity contribution >= 4 is 16.7 Å². The van der Waals surface area contributed by atoms with Gasteiger partial charge in [0.15, 0.2) is 5.76 Å². The molecule has 2 fully saturated rings. The smallest absolute Gasteiger partial charge is 0.235 e. The normalized spacial score (nSPS) is 17.7. The maximum atomic E-state index is 13.4. The number of hydrogen-bond donors (Lipinski definition) is 1. The Labute approximate surface area is 205 Å². The summed E-state index contributed by atoms with van der Waals surface area (Å²) < 4.78 is 17.3. The summed E-state index contributed by atoms with van der Waals surface area (Å²) in [6.45, 7) is 7.58. The molecule has 186 valence electrons. The second kappa shape index (κ2) is 10.4. The van der Waals surface area contributed by atoms with Gasteiger partial charge in [0.05, 0.1) is 31.8 Å². The third-order valence-corrected chi connectivity index (χ3v) is 6.76. The highest BCUT2D eigenvalue weighted by Crippen LogP contribution is 2.33. The lowest BCUT2D eigenvalue weighted by molar-refractivity contribution is 0.0334. The second-order valence-electron chi connectivity index (χ2n) is 9.46. The molecule has 8 heteroatoms. The van der Waals surface area contributed by atoms with Crippen LogP contribution in [0.1, 0.15) is 11.1 Å². The molecule has 2 aliphatic rings. The molecule has 8 nitrogen and oxygen atoms in total. The Hall–Kier alpha value is -2.91. The van der Waals surface area contributed by atoms with Crippen molar-refractivity contribution in [2.45, 2.75) is 13.1 Å². The van der Waals surface area contributed by atoms with Crippen LogP contribution in [0.4, 0.5) is 5.69 Å². The van der Waals surface area contributed by atoms with E-state index in [1.165, 1.54) is 0 Å². The fourth-order valence-corrected chi connectivity index (χ4v) is 4.76. The minimum Gasteiger partial charge on any atom is -0.502 e. The van der Waals surface area contributed by atoms with Gasteiger partial charge in [-0.2, -0.15) is 0 Å². The number of aromatic hydroxyl groups is 1. The summed E-state index contributed by atoms with van der Waals surface area (Å²) in [7, 11) is 3.93. The van der Waals surface area contributed by atoms with E-state index in [1.807, 2.05) is 49.3 Å². The fourth-order valence-electron chi connectivity index (χ4n) is 4.76. The summed E-state index contributed by atoms with van der Waals surface area (Å²) >= 11 is 0. The summed E-state index contributed by atoms with van der Waals surface area (Å²) in [5, 5.41) is 11.3. The Morgan fingerprint density at radius 2 is 1.49 bits per heavy atom. The quantitative estimate of drug-likeness (QED) is 0.578. The molecule has 2 aromatic carbocycles. The summed E-state index contributed by atoms with van der Waals surface area (Å²) in [6.07, 6.45) is 0. The Morgan fingerprint density at radius 1 is 0.886 bits per heavy atom. The van der Waals surface area contributed by atoms with Gasteiger partial charge in [-0.25, -0.2) is 0 Å². The summed E-state index contributed by atoms with van der Waals surface area (Å²) in [5.41, 5.74) is 3.83. The predicted molar refractivity (Wildman–Crippen MR) is 136 cm³/mol. The van der Waals surface area contributed by atoms with Crippen molar-refractivity contribution < 1.29 is 19.0 Å². The Kier molecular flexibility index (Phi) is 7.06. The third-order valence-electron chi connectivity index (χ3n) is 6.76. The van der Waals surface area contributed by atoms with Gasteiger partial charge in [0.25, 0.3) is 0 Å². The van der Waals surface area contributed by atoms with Crippen molar-refractivity contribution in [1.82, 2.24) is 9.80 Å². The maximum Gasteiger partial charge on any atom is 0.235 e. The van der Waals surface area contributed by atoms with Crippen LogP contribution in [-0.2, 0) is 22.6 Å². The highest BCUT2D eigenvalue weighted by atomic mass is 16.5. The van der Waals surface area contributed by atoms with E-state index in [9.17, 15) is 9.90 Å². The molecule has 3 heterocycles. The first-order valence-electron chi connectivity index (χ1n) is 12.2. The molecule has 0 bridgehead atoms. The van der Waals surface area contributed by atoms with E-state index in [0.717, 1.165) is 49.5 Å². The van der Waals surface area contributed by atoms with Crippen molar-refractivity contribution in [3.63, 3.8) is 0 Å². The summed E-state index contributed by atoms with van der Waals surface area (Å²) in [4.78, 5) is 20.0. The zero-order valence-electron chi connectivity index (χ0n) is 20.5. The van der Waals surface area contributed by atoms with Crippen LogP contribution in [0.5, 0.6) is 5.75 Å². The molecular formula is C27H33N3O5. The zero-order chi connectivity index (χ0) is 24.4. The van der Waals surface area contributed by atoms with E-state index < -0.39 is 5.43 Å². The number of hydrogen-bond acceptors (Lipinski definition) is 8. The van der Waals surface area contributed by atoms with E-state index in [4.69, 9.17) is 13.9 Å². The Bertz CT molecular complexity index is 1230. The highest BCUT2D eigenvalue weighted by Gasteiger charge is 2.21. The van der Waals surface area contributed by atoms with Crippen molar-refractivity contribution in [3.05, 3.63) is 57.7 Å². The van der Waals surface area contributed by atoms with E-state index >= 15 is 0 Å². The van der Waals surface area contributed by atoms with Gasteiger partial charge in [-0.1, -0.05) is 0 Å². The molecule has 0 unspecified atom stereocenters. The van der Waals surface area contributed by atoms with E-state index in [1.54, 1.807) is 0 Å². The minimum absolute atomic E-state index is 0.206. The van der Waals surface area contributed by atoms with Crippen molar-refractivity contribution in [2.24, 2.45) is 0 Å². The zero-order valence-corrected chi connectivity index (χ0v) is 20.5. The van der Waals surface area contributed by atoms with Crippen LogP contribution < -0.4 is 10.3 Å². The number of ether oxygens (including phenoxy) is 2. The molecule has 5 rings (SSSR count). The molecule has 0 aliphatic carbocycles.